The molecule has 0 aliphatic heterocycles. The lowest BCUT2D eigenvalue weighted by Gasteiger charge is -1.99. The first kappa shape index (κ1) is 10.5. The fourth-order valence-electron chi connectivity index (χ4n) is 1.06. The van der Waals surface area contributed by atoms with Gasteiger partial charge in [0.25, 0.3) is 11.4 Å². The predicted octanol–water partition coefficient (Wildman–Crippen LogP) is 1.31. The molecule has 0 radical (unpaired) electrons. The molecule has 0 heterocycles. The van der Waals surface area contributed by atoms with E-state index in [0.29, 0.717) is 10.9 Å². The predicted molar refractivity (Wildman–Crippen MR) is 53.8 cm³/mol. The molecule has 0 spiro atoms. The number of hydrogen-bond donors (Lipinski definition) is 0. The molecule has 0 aliphatic rings. The molecule has 0 aliphatic carbocycles. The third-order valence-corrected chi connectivity index (χ3v) is 2.20. The number of aryl methyl sites for hydroxylation is 1. The number of nitro groups is 2. The summed E-state index contributed by atoms with van der Waals surface area (Å²) in [7, 11) is 2.18. The molecule has 0 bridgehead atoms. The summed E-state index contributed by atoms with van der Waals surface area (Å²) in [6.07, 6.45) is 0. The van der Waals surface area contributed by atoms with Crippen LogP contribution in [0.4, 0.5) is 11.4 Å². The molecular formula is C7H7N2O4P. The van der Waals surface area contributed by atoms with Gasteiger partial charge in [-0.2, -0.15) is 0 Å². The molecule has 14 heavy (non-hydrogen) atoms. The van der Waals surface area contributed by atoms with Gasteiger partial charge in [0.15, 0.2) is 0 Å². The molecule has 6 nitrogen and oxygen atoms in total. The highest BCUT2D eigenvalue weighted by Crippen LogP contribution is 2.23. The van der Waals surface area contributed by atoms with Gasteiger partial charge in [0.05, 0.1) is 15.9 Å². The van der Waals surface area contributed by atoms with Gasteiger partial charge in [0.2, 0.25) is 0 Å². The fourth-order valence-corrected chi connectivity index (χ4v) is 1.50. The molecule has 1 rings (SSSR count). The van der Waals surface area contributed by atoms with Crippen LogP contribution in [0.25, 0.3) is 0 Å². The van der Waals surface area contributed by atoms with E-state index in [4.69, 9.17) is 0 Å². The number of benzene rings is 1. The Hall–Kier alpha value is -1.55. The van der Waals surface area contributed by atoms with Gasteiger partial charge < -0.3 is 0 Å². The molecule has 0 saturated heterocycles. The van der Waals surface area contributed by atoms with Gasteiger partial charge in [-0.3, -0.25) is 20.2 Å². The van der Waals surface area contributed by atoms with E-state index in [0.717, 1.165) is 6.07 Å². The molecular weight excluding hydrogens is 207 g/mol. The van der Waals surface area contributed by atoms with Crippen molar-refractivity contribution in [3.8, 4) is 0 Å². The first-order valence-electron chi connectivity index (χ1n) is 3.62. The van der Waals surface area contributed by atoms with Gasteiger partial charge in [0, 0.05) is 10.9 Å². The fraction of sp³-hybridized carbons (Fsp3) is 0.143. The van der Waals surface area contributed by atoms with Gasteiger partial charge in [-0.05, 0) is 13.0 Å². The minimum Gasteiger partial charge on any atom is -0.258 e. The van der Waals surface area contributed by atoms with Crippen LogP contribution in [0, 0.1) is 27.2 Å². The maximum Gasteiger partial charge on any atom is 0.283 e. The summed E-state index contributed by atoms with van der Waals surface area (Å²) in [6, 6.07) is 2.37. The van der Waals surface area contributed by atoms with Crippen molar-refractivity contribution in [1.29, 1.82) is 0 Å². The second-order valence-electron chi connectivity index (χ2n) is 2.71. The number of nitro benzene ring substituents is 2. The van der Waals surface area contributed by atoms with Gasteiger partial charge in [-0.25, -0.2) is 0 Å². The zero-order valence-corrected chi connectivity index (χ0v) is 8.41. The highest BCUT2D eigenvalue weighted by molar-refractivity contribution is 7.28. The maximum absolute atomic E-state index is 10.5. The van der Waals surface area contributed by atoms with Crippen LogP contribution in [0.1, 0.15) is 5.56 Å². The Morgan fingerprint density at radius 2 is 1.64 bits per heavy atom. The molecule has 1 atom stereocenters. The van der Waals surface area contributed by atoms with E-state index in [9.17, 15) is 20.2 Å². The number of nitrogens with zero attached hydrogens (tertiary/aromatic N) is 2. The smallest absolute Gasteiger partial charge is 0.258 e. The Morgan fingerprint density at radius 3 is 2.07 bits per heavy atom. The van der Waals surface area contributed by atoms with Crippen molar-refractivity contribution >= 4 is 25.9 Å². The van der Waals surface area contributed by atoms with Gasteiger partial charge in [-0.15, -0.1) is 0 Å². The Labute approximate surface area is 81.4 Å². The second-order valence-corrected chi connectivity index (χ2v) is 3.33. The van der Waals surface area contributed by atoms with Crippen LogP contribution in [0.5, 0.6) is 0 Å². The summed E-state index contributed by atoms with van der Waals surface area (Å²) >= 11 is 0. The Morgan fingerprint density at radius 1 is 1.14 bits per heavy atom. The van der Waals surface area contributed by atoms with E-state index in [-0.39, 0.29) is 11.4 Å². The van der Waals surface area contributed by atoms with E-state index in [2.05, 4.69) is 9.24 Å². The van der Waals surface area contributed by atoms with E-state index >= 15 is 0 Å². The first-order chi connectivity index (χ1) is 6.43. The molecule has 1 aromatic carbocycles. The van der Waals surface area contributed by atoms with Crippen LogP contribution in [-0.2, 0) is 0 Å². The van der Waals surface area contributed by atoms with Crippen LogP contribution in [-0.4, -0.2) is 9.85 Å². The van der Waals surface area contributed by atoms with Crippen LogP contribution in [0.3, 0.4) is 0 Å². The zero-order chi connectivity index (χ0) is 10.9. The van der Waals surface area contributed by atoms with E-state index in [1.807, 2.05) is 0 Å². The minimum atomic E-state index is -0.644. The van der Waals surface area contributed by atoms with Crippen LogP contribution in [0.2, 0.25) is 0 Å². The van der Waals surface area contributed by atoms with E-state index in [1.54, 1.807) is 0 Å². The van der Waals surface area contributed by atoms with Gasteiger partial charge in [-0.1, -0.05) is 9.24 Å². The lowest BCUT2D eigenvalue weighted by atomic mass is 10.2. The SMILES string of the molecule is Cc1cc(P)c([N+](=O)[O-])cc1[N+](=O)[O-]. The van der Waals surface area contributed by atoms with Crippen molar-refractivity contribution in [1.82, 2.24) is 0 Å². The molecule has 0 amide bonds. The molecule has 0 N–H and O–H groups in total. The van der Waals surface area contributed by atoms with Gasteiger partial charge >= 0.3 is 0 Å². The maximum atomic E-state index is 10.5. The monoisotopic (exact) mass is 214 g/mol. The van der Waals surface area contributed by atoms with Crippen LogP contribution < -0.4 is 5.30 Å². The molecule has 0 aromatic heterocycles. The largest absolute Gasteiger partial charge is 0.283 e. The van der Waals surface area contributed by atoms with Crippen LogP contribution in [0.15, 0.2) is 12.1 Å². The first-order valence-corrected chi connectivity index (χ1v) is 4.20. The quantitative estimate of drug-likeness (QED) is 0.422. The number of rotatable bonds is 2. The van der Waals surface area contributed by atoms with E-state index in [1.165, 1.54) is 13.0 Å². The van der Waals surface area contributed by atoms with Gasteiger partial charge in [0.1, 0.15) is 0 Å². The molecule has 1 aromatic rings. The summed E-state index contributed by atoms with van der Waals surface area (Å²) < 4.78 is 0. The van der Waals surface area contributed by atoms with Crippen molar-refractivity contribution in [2.75, 3.05) is 0 Å². The van der Waals surface area contributed by atoms with Crippen molar-refractivity contribution < 1.29 is 9.85 Å². The Balaban J connectivity index is 3.42. The topological polar surface area (TPSA) is 86.3 Å². The normalized spacial score (nSPS) is 9.86. The highest BCUT2D eigenvalue weighted by Gasteiger charge is 2.19. The summed E-state index contributed by atoms with van der Waals surface area (Å²) in [4.78, 5) is 19.7. The second kappa shape index (κ2) is 3.67. The van der Waals surface area contributed by atoms with Crippen molar-refractivity contribution in [2.24, 2.45) is 0 Å². The third-order valence-electron chi connectivity index (χ3n) is 1.74. The third kappa shape index (κ3) is 1.85. The molecule has 1 unspecified atom stereocenters. The molecule has 0 saturated carbocycles. The summed E-state index contributed by atoms with van der Waals surface area (Å²) in [5.41, 5.74) is -0.0826. The van der Waals surface area contributed by atoms with Crippen molar-refractivity contribution in [3.05, 3.63) is 37.9 Å². The summed E-state index contributed by atoms with van der Waals surface area (Å²) in [6.45, 7) is 1.54. The lowest BCUT2D eigenvalue weighted by molar-refractivity contribution is -0.393. The minimum absolute atomic E-state index is 0.233. The lowest BCUT2D eigenvalue weighted by Crippen LogP contribution is -2.04. The Kier molecular flexibility index (Phi) is 2.76. The average Bonchev–Trinajstić information content (AvgIpc) is 2.02. The van der Waals surface area contributed by atoms with Crippen molar-refractivity contribution in [2.45, 2.75) is 6.92 Å². The van der Waals surface area contributed by atoms with Crippen molar-refractivity contribution in [3.63, 3.8) is 0 Å². The van der Waals surface area contributed by atoms with Crippen LogP contribution >= 0.6 is 9.24 Å². The Bertz CT molecular complexity index is 383. The molecule has 0 fully saturated rings. The number of hydrogen-bond acceptors (Lipinski definition) is 4. The molecule has 7 heteroatoms. The summed E-state index contributed by atoms with van der Waals surface area (Å²) in [5, 5.41) is 21.3. The molecule has 74 valence electrons. The zero-order valence-electron chi connectivity index (χ0n) is 7.26. The standard InChI is InChI=1S/C7H7N2O4P/c1-4-2-7(14)6(9(12)13)3-5(4)8(10)11/h2-3H,14H2,1H3. The van der Waals surface area contributed by atoms with E-state index < -0.39 is 9.85 Å². The summed E-state index contributed by atoms with van der Waals surface area (Å²) in [5.74, 6) is 0. The highest BCUT2D eigenvalue weighted by atomic mass is 31.0. The average molecular weight is 214 g/mol.